The largest absolute Gasteiger partial charge is 0.456 e. The molecule has 3 aliphatic rings. The molecule has 7 aromatic carbocycles. The van der Waals surface area contributed by atoms with Gasteiger partial charge in [-0.2, -0.15) is 0 Å². The van der Waals surface area contributed by atoms with Crippen LogP contribution in [0.1, 0.15) is 29.5 Å². The summed E-state index contributed by atoms with van der Waals surface area (Å²) >= 11 is 0. The van der Waals surface area contributed by atoms with Crippen LogP contribution < -0.4 is 4.90 Å². The first-order valence-corrected chi connectivity index (χ1v) is 16.8. The smallest absolute Gasteiger partial charge is 0.137 e. The number of hydrogen-bond donors (Lipinski definition) is 0. The number of hydrogen-bond acceptors (Lipinski definition) is 2. The third-order valence-electron chi connectivity index (χ3n) is 10.6. The minimum atomic E-state index is 0.891. The van der Waals surface area contributed by atoms with Gasteiger partial charge in [0, 0.05) is 16.5 Å². The maximum absolute atomic E-state index is 6.43. The molecule has 0 atom stereocenters. The van der Waals surface area contributed by atoms with Gasteiger partial charge in [-0.25, -0.2) is 0 Å². The zero-order valence-electron chi connectivity index (χ0n) is 26.2. The van der Waals surface area contributed by atoms with Gasteiger partial charge in [-0.15, -0.1) is 0 Å². The van der Waals surface area contributed by atoms with E-state index in [1.807, 2.05) is 6.07 Å². The van der Waals surface area contributed by atoms with Crippen molar-refractivity contribution in [2.24, 2.45) is 0 Å². The molecule has 2 heteroatoms. The molecule has 3 aliphatic carbocycles. The Kier molecular flexibility index (Phi) is 5.25. The molecule has 0 amide bonds. The second kappa shape index (κ2) is 9.70. The summed E-state index contributed by atoms with van der Waals surface area (Å²) < 4.78 is 6.43. The lowest BCUT2D eigenvalue weighted by Crippen LogP contribution is -2.11. The Morgan fingerprint density at radius 1 is 0.500 bits per heavy atom. The first-order valence-electron chi connectivity index (χ1n) is 16.8. The van der Waals surface area contributed by atoms with Crippen LogP contribution in [-0.4, -0.2) is 0 Å². The fourth-order valence-corrected chi connectivity index (χ4v) is 8.69. The average Bonchev–Trinajstić information content (AvgIpc) is 3.48. The van der Waals surface area contributed by atoms with Crippen molar-refractivity contribution in [2.45, 2.75) is 12.8 Å². The summed E-state index contributed by atoms with van der Waals surface area (Å²) in [6, 6.07) is 53.3. The van der Waals surface area contributed by atoms with Crippen LogP contribution in [0.2, 0.25) is 0 Å². The van der Waals surface area contributed by atoms with Gasteiger partial charge in [-0.3, -0.25) is 0 Å². The Hall–Kier alpha value is -6.12. The molecular formula is C46H29NO. The van der Waals surface area contributed by atoms with E-state index >= 15 is 0 Å². The van der Waals surface area contributed by atoms with Crippen LogP contribution in [0.15, 0.2) is 156 Å². The van der Waals surface area contributed by atoms with E-state index in [4.69, 9.17) is 4.42 Å². The molecule has 1 aromatic heterocycles. The van der Waals surface area contributed by atoms with Gasteiger partial charge in [0.1, 0.15) is 11.2 Å². The molecule has 0 saturated heterocycles. The van der Waals surface area contributed by atoms with Crippen molar-refractivity contribution >= 4 is 66.5 Å². The highest BCUT2D eigenvalue weighted by Gasteiger charge is 2.34. The summed E-state index contributed by atoms with van der Waals surface area (Å²) in [5, 5.41) is 4.67. The van der Waals surface area contributed by atoms with E-state index in [-0.39, 0.29) is 0 Å². The molecule has 6 bridgehead atoms. The van der Waals surface area contributed by atoms with E-state index in [0.29, 0.717) is 0 Å². The maximum Gasteiger partial charge on any atom is 0.137 e. The Labute approximate surface area is 278 Å². The van der Waals surface area contributed by atoms with E-state index in [1.54, 1.807) is 0 Å². The van der Waals surface area contributed by atoms with E-state index in [0.717, 1.165) is 51.8 Å². The molecule has 0 spiro atoms. The summed E-state index contributed by atoms with van der Waals surface area (Å²) in [4.78, 5) is 2.46. The van der Waals surface area contributed by atoms with Crippen molar-refractivity contribution in [1.29, 1.82) is 0 Å². The number of rotatable bonds is 3. The molecule has 224 valence electrons. The van der Waals surface area contributed by atoms with Gasteiger partial charge < -0.3 is 9.32 Å². The summed E-state index contributed by atoms with van der Waals surface area (Å²) in [5.74, 6) is 0. The van der Waals surface area contributed by atoms with Gasteiger partial charge in [0.05, 0.1) is 16.8 Å². The molecule has 0 unspecified atom stereocenters. The van der Waals surface area contributed by atoms with Crippen LogP contribution in [0.4, 0.5) is 17.1 Å². The zero-order chi connectivity index (χ0) is 31.3. The fourth-order valence-electron chi connectivity index (χ4n) is 8.69. The lowest BCUT2D eigenvalue weighted by molar-refractivity contribution is 0.669. The second-order valence-electron chi connectivity index (χ2n) is 13.1. The van der Waals surface area contributed by atoms with Crippen LogP contribution in [0.3, 0.4) is 0 Å². The van der Waals surface area contributed by atoms with E-state index in [2.05, 4.69) is 151 Å². The number of fused-ring (bicyclic) bond motifs is 8. The van der Waals surface area contributed by atoms with Crippen molar-refractivity contribution < 1.29 is 4.42 Å². The van der Waals surface area contributed by atoms with Crippen LogP contribution in [0, 0.1) is 0 Å². The summed E-state index contributed by atoms with van der Waals surface area (Å²) in [6.07, 6.45) is 4.59. The quantitative estimate of drug-likeness (QED) is 0.198. The van der Waals surface area contributed by atoms with Crippen molar-refractivity contribution in [3.05, 3.63) is 168 Å². The molecule has 48 heavy (non-hydrogen) atoms. The van der Waals surface area contributed by atoms with Gasteiger partial charge in [0.25, 0.3) is 0 Å². The molecule has 0 N–H and O–H groups in total. The molecule has 0 saturated carbocycles. The monoisotopic (exact) mass is 611 g/mol. The summed E-state index contributed by atoms with van der Waals surface area (Å²) in [5.41, 5.74) is 18.7. The third kappa shape index (κ3) is 3.47. The van der Waals surface area contributed by atoms with Crippen LogP contribution >= 0.6 is 0 Å². The Bertz CT molecular complexity index is 2730. The van der Waals surface area contributed by atoms with Crippen molar-refractivity contribution in [1.82, 2.24) is 0 Å². The summed E-state index contributed by atoms with van der Waals surface area (Å²) in [7, 11) is 0. The lowest BCUT2D eigenvalue weighted by atomic mass is 9.79. The predicted octanol–water partition coefficient (Wildman–Crippen LogP) is 13.0. The second-order valence-corrected chi connectivity index (χ2v) is 13.1. The highest BCUT2D eigenvalue weighted by molar-refractivity contribution is 6.25. The molecular weight excluding hydrogens is 583 g/mol. The van der Waals surface area contributed by atoms with Crippen LogP contribution in [-0.2, 0) is 0 Å². The first kappa shape index (κ1) is 26.0. The Balaban J connectivity index is 1.25. The highest BCUT2D eigenvalue weighted by atomic mass is 16.3. The number of allylic oxidation sites excluding steroid dienone is 4. The highest BCUT2D eigenvalue weighted by Crippen LogP contribution is 2.58. The Morgan fingerprint density at radius 2 is 1.21 bits per heavy atom. The summed E-state index contributed by atoms with van der Waals surface area (Å²) in [6.45, 7) is 0. The minimum absolute atomic E-state index is 0.891. The molecule has 0 aliphatic heterocycles. The van der Waals surface area contributed by atoms with Gasteiger partial charge in [0.2, 0.25) is 0 Å². The van der Waals surface area contributed by atoms with E-state index in [1.165, 1.54) is 66.4 Å². The maximum atomic E-state index is 6.43. The molecule has 11 rings (SSSR count). The molecule has 8 aromatic rings. The number of anilines is 3. The van der Waals surface area contributed by atoms with Crippen LogP contribution in [0.25, 0.3) is 71.7 Å². The van der Waals surface area contributed by atoms with Gasteiger partial charge in [0.15, 0.2) is 0 Å². The number of nitrogens with zero attached hydrogens (tertiary/aromatic N) is 1. The van der Waals surface area contributed by atoms with Crippen molar-refractivity contribution in [3.8, 4) is 22.3 Å². The standard InChI is InChI=1S/C46H29NO/c1-2-13-30-28(11-1)12-7-21-40(30)47(41-22-10-24-43-46(41)38-16-5-6-23-42(38)48-43)29-25-26-32-35-18-9-19-36-37-20-8-17-34(45(37)39(32)27-29)31-14-3-4-15-33(31)44(35)36/h1-8,10-18,20-27H,9,19H2. The molecule has 0 fully saturated rings. The number of benzene rings is 7. The van der Waals surface area contributed by atoms with Gasteiger partial charge in [-0.1, -0.05) is 115 Å². The Morgan fingerprint density at radius 3 is 2.17 bits per heavy atom. The van der Waals surface area contributed by atoms with E-state index < -0.39 is 0 Å². The van der Waals surface area contributed by atoms with Crippen molar-refractivity contribution in [2.75, 3.05) is 4.90 Å². The first-order chi connectivity index (χ1) is 23.8. The zero-order valence-corrected chi connectivity index (χ0v) is 26.2. The fraction of sp³-hybridized carbons (Fsp3) is 0.0435. The van der Waals surface area contributed by atoms with Crippen LogP contribution in [0.5, 0.6) is 0 Å². The SMILES string of the molecule is C1=C2C3=C(CC1)c1cccc(c1-c1cc(N(c4cccc5ccccc45)c4cccc5oc6ccccc6c45)ccc12)-c1ccccc13. The minimum Gasteiger partial charge on any atom is -0.456 e. The van der Waals surface area contributed by atoms with E-state index in [9.17, 15) is 0 Å². The number of furan rings is 1. The third-order valence-corrected chi connectivity index (χ3v) is 10.6. The molecule has 1 heterocycles. The van der Waals surface area contributed by atoms with Crippen molar-refractivity contribution in [3.63, 3.8) is 0 Å². The molecule has 2 nitrogen and oxygen atoms in total. The topological polar surface area (TPSA) is 16.4 Å². The normalized spacial score (nSPS) is 14.1. The molecule has 0 radical (unpaired) electrons. The predicted molar refractivity (Wildman–Crippen MR) is 201 cm³/mol. The number of para-hydroxylation sites is 1. The van der Waals surface area contributed by atoms with Gasteiger partial charge >= 0.3 is 0 Å². The van der Waals surface area contributed by atoms with Gasteiger partial charge in [-0.05, 0) is 110 Å². The lowest BCUT2D eigenvalue weighted by Gasteiger charge is -2.29. The average molecular weight is 612 g/mol.